The van der Waals surface area contributed by atoms with Crippen LogP contribution < -0.4 is 9.80 Å². The second-order valence-electron chi connectivity index (χ2n) is 6.38. The Bertz CT molecular complexity index is 851. The number of benzene rings is 2. The molecule has 0 atom stereocenters. The largest absolute Gasteiger partial charge is 0.361 e. The Morgan fingerprint density at radius 1 is 1.00 bits per heavy atom. The van der Waals surface area contributed by atoms with Crippen molar-refractivity contribution in [1.82, 2.24) is 4.98 Å². The standard InChI is InChI=1S/C19H19Cl2N3/c20-16-5-4-14(12-17(16)21)13-23-8-10-24(11-9-23)19-3-1-2-18-15(19)6-7-22-18/h1-7,12,22H,8-11,13H2/p+1. The van der Waals surface area contributed by atoms with Crippen molar-refractivity contribution in [2.45, 2.75) is 6.54 Å². The molecule has 0 saturated carbocycles. The van der Waals surface area contributed by atoms with E-state index in [9.17, 15) is 0 Å². The third kappa shape index (κ3) is 3.12. The fourth-order valence-corrected chi connectivity index (χ4v) is 3.84. The molecule has 2 N–H and O–H groups in total. The molecule has 0 spiro atoms. The van der Waals surface area contributed by atoms with Crippen LogP contribution in [0.2, 0.25) is 10.0 Å². The van der Waals surface area contributed by atoms with Crippen molar-refractivity contribution in [1.29, 1.82) is 0 Å². The summed E-state index contributed by atoms with van der Waals surface area (Å²) in [6.07, 6.45) is 2.01. The number of piperazine rings is 1. The Labute approximate surface area is 151 Å². The predicted octanol–water partition coefficient (Wildman–Crippen LogP) is 3.38. The number of anilines is 1. The highest BCUT2D eigenvalue weighted by atomic mass is 35.5. The first-order valence-electron chi connectivity index (χ1n) is 8.29. The quantitative estimate of drug-likeness (QED) is 0.734. The molecule has 0 aliphatic carbocycles. The smallest absolute Gasteiger partial charge is 0.103 e. The lowest BCUT2D eigenvalue weighted by atomic mass is 10.1. The van der Waals surface area contributed by atoms with Gasteiger partial charge in [-0.25, -0.2) is 0 Å². The average molecular weight is 361 g/mol. The van der Waals surface area contributed by atoms with Gasteiger partial charge in [0.15, 0.2) is 0 Å². The molecular weight excluding hydrogens is 341 g/mol. The topological polar surface area (TPSA) is 23.5 Å². The minimum absolute atomic E-state index is 0.625. The van der Waals surface area contributed by atoms with Crippen LogP contribution in [0.25, 0.3) is 10.9 Å². The van der Waals surface area contributed by atoms with Gasteiger partial charge in [-0.3, -0.25) is 0 Å². The Hall–Kier alpha value is -1.68. The lowest BCUT2D eigenvalue weighted by Gasteiger charge is -2.34. The Morgan fingerprint density at radius 3 is 2.62 bits per heavy atom. The SMILES string of the molecule is Clc1ccc(C[NH+]2CCN(c3cccc4[nH]ccc34)CC2)cc1Cl. The summed E-state index contributed by atoms with van der Waals surface area (Å²) in [6, 6.07) is 14.6. The van der Waals surface area contributed by atoms with Gasteiger partial charge in [0.05, 0.1) is 36.2 Å². The summed E-state index contributed by atoms with van der Waals surface area (Å²) in [5.74, 6) is 0. The summed E-state index contributed by atoms with van der Waals surface area (Å²) in [5, 5.41) is 2.58. The van der Waals surface area contributed by atoms with E-state index < -0.39 is 0 Å². The number of aromatic nitrogens is 1. The van der Waals surface area contributed by atoms with Crippen molar-refractivity contribution >= 4 is 39.8 Å². The Morgan fingerprint density at radius 2 is 1.83 bits per heavy atom. The van der Waals surface area contributed by atoms with Crippen molar-refractivity contribution in [3.8, 4) is 0 Å². The number of nitrogens with one attached hydrogen (secondary N) is 2. The molecule has 1 aromatic heterocycles. The van der Waals surface area contributed by atoms with Crippen LogP contribution in [0.4, 0.5) is 5.69 Å². The van der Waals surface area contributed by atoms with Crippen molar-refractivity contribution in [2.24, 2.45) is 0 Å². The van der Waals surface area contributed by atoms with E-state index >= 15 is 0 Å². The van der Waals surface area contributed by atoms with Gasteiger partial charge in [-0.1, -0.05) is 35.3 Å². The molecule has 0 bridgehead atoms. The van der Waals surface area contributed by atoms with Gasteiger partial charge in [-0.2, -0.15) is 0 Å². The molecule has 5 heteroatoms. The van der Waals surface area contributed by atoms with Crippen LogP contribution in [0.5, 0.6) is 0 Å². The number of quaternary nitrogens is 1. The maximum Gasteiger partial charge on any atom is 0.103 e. The van der Waals surface area contributed by atoms with E-state index in [0.29, 0.717) is 10.0 Å². The van der Waals surface area contributed by atoms with E-state index in [2.05, 4.69) is 40.2 Å². The van der Waals surface area contributed by atoms with E-state index in [-0.39, 0.29) is 0 Å². The fourth-order valence-electron chi connectivity index (χ4n) is 3.52. The molecule has 1 saturated heterocycles. The number of rotatable bonds is 3. The molecule has 0 unspecified atom stereocenters. The van der Waals surface area contributed by atoms with Crippen LogP contribution in [-0.4, -0.2) is 31.2 Å². The highest BCUT2D eigenvalue weighted by Crippen LogP contribution is 2.26. The second kappa shape index (κ2) is 6.67. The Balaban J connectivity index is 1.43. The average Bonchev–Trinajstić information content (AvgIpc) is 3.08. The number of aromatic amines is 1. The third-order valence-electron chi connectivity index (χ3n) is 4.82. The number of nitrogens with zero attached hydrogens (tertiary/aromatic N) is 1. The predicted molar refractivity (Wildman–Crippen MR) is 101 cm³/mol. The zero-order chi connectivity index (χ0) is 16.5. The number of hydrogen-bond donors (Lipinski definition) is 2. The molecule has 4 rings (SSSR count). The summed E-state index contributed by atoms with van der Waals surface area (Å²) in [7, 11) is 0. The molecule has 2 aromatic carbocycles. The van der Waals surface area contributed by atoms with E-state index in [1.807, 2.05) is 18.3 Å². The molecule has 3 aromatic rings. The van der Waals surface area contributed by atoms with E-state index in [0.717, 1.165) is 32.7 Å². The normalized spacial score (nSPS) is 16.0. The monoisotopic (exact) mass is 360 g/mol. The molecule has 24 heavy (non-hydrogen) atoms. The van der Waals surface area contributed by atoms with Crippen LogP contribution in [0.3, 0.4) is 0 Å². The molecule has 0 radical (unpaired) electrons. The van der Waals surface area contributed by atoms with Crippen LogP contribution in [-0.2, 0) is 6.54 Å². The minimum Gasteiger partial charge on any atom is -0.361 e. The van der Waals surface area contributed by atoms with Gasteiger partial charge >= 0.3 is 0 Å². The van der Waals surface area contributed by atoms with Gasteiger partial charge in [0.1, 0.15) is 6.54 Å². The first-order chi connectivity index (χ1) is 11.7. The van der Waals surface area contributed by atoms with Crippen LogP contribution in [0.1, 0.15) is 5.56 Å². The van der Waals surface area contributed by atoms with Crippen molar-refractivity contribution < 1.29 is 4.90 Å². The first-order valence-corrected chi connectivity index (χ1v) is 9.05. The molecule has 2 heterocycles. The summed E-state index contributed by atoms with van der Waals surface area (Å²) in [5.41, 5.74) is 3.79. The van der Waals surface area contributed by atoms with Gasteiger partial charge in [0, 0.05) is 28.4 Å². The second-order valence-corrected chi connectivity index (χ2v) is 7.19. The van der Waals surface area contributed by atoms with Gasteiger partial charge < -0.3 is 14.8 Å². The van der Waals surface area contributed by atoms with Gasteiger partial charge in [0.2, 0.25) is 0 Å². The van der Waals surface area contributed by atoms with E-state index in [1.54, 1.807) is 4.90 Å². The molecule has 124 valence electrons. The van der Waals surface area contributed by atoms with Gasteiger partial charge in [0.25, 0.3) is 0 Å². The molecule has 3 nitrogen and oxygen atoms in total. The van der Waals surface area contributed by atoms with Crippen LogP contribution in [0, 0.1) is 0 Å². The maximum absolute atomic E-state index is 6.13. The first kappa shape index (κ1) is 15.8. The van der Waals surface area contributed by atoms with Crippen LogP contribution >= 0.6 is 23.2 Å². The number of fused-ring (bicyclic) bond motifs is 1. The minimum atomic E-state index is 0.625. The lowest BCUT2D eigenvalue weighted by Crippen LogP contribution is -3.13. The van der Waals surface area contributed by atoms with Gasteiger partial charge in [-0.05, 0) is 30.3 Å². The van der Waals surface area contributed by atoms with Gasteiger partial charge in [-0.15, -0.1) is 0 Å². The number of hydrogen-bond acceptors (Lipinski definition) is 1. The Kier molecular flexibility index (Phi) is 4.40. The van der Waals surface area contributed by atoms with Crippen LogP contribution in [0.15, 0.2) is 48.7 Å². The summed E-state index contributed by atoms with van der Waals surface area (Å²) < 4.78 is 0. The van der Waals surface area contributed by atoms with E-state index in [1.165, 1.54) is 22.2 Å². The molecule has 1 fully saturated rings. The zero-order valence-electron chi connectivity index (χ0n) is 13.4. The molecule has 1 aliphatic rings. The van der Waals surface area contributed by atoms with Crippen molar-refractivity contribution in [2.75, 3.05) is 31.1 Å². The number of halogens is 2. The van der Waals surface area contributed by atoms with Crippen molar-refractivity contribution in [3.63, 3.8) is 0 Å². The zero-order valence-corrected chi connectivity index (χ0v) is 14.9. The van der Waals surface area contributed by atoms with Crippen molar-refractivity contribution in [3.05, 3.63) is 64.3 Å². The summed E-state index contributed by atoms with van der Waals surface area (Å²) in [4.78, 5) is 7.38. The lowest BCUT2D eigenvalue weighted by molar-refractivity contribution is -0.914. The highest BCUT2D eigenvalue weighted by molar-refractivity contribution is 6.42. The fraction of sp³-hybridized carbons (Fsp3) is 0.263. The highest BCUT2D eigenvalue weighted by Gasteiger charge is 2.21. The molecular formula is C19H20Cl2N3+. The molecule has 1 aliphatic heterocycles. The number of H-pyrrole nitrogens is 1. The van der Waals surface area contributed by atoms with E-state index in [4.69, 9.17) is 23.2 Å². The summed E-state index contributed by atoms with van der Waals surface area (Å²) in [6.45, 7) is 5.39. The summed E-state index contributed by atoms with van der Waals surface area (Å²) >= 11 is 12.1. The molecule has 0 amide bonds. The third-order valence-corrected chi connectivity index (χ3v) is 5.56. The maximum atomic E-state index is 6.13.